The van der Waals surface area contributed by atoms with E-state index in [4.69, 9.17) is 0 Å². The molecule has 3 rings (SSSR count). The molecule has 0 bridgehead atoms. The lowest BCUT2D eigenvalue weighted by atomic mass is 10.1. The zero-order valence-corrected chi connectivity index (χ0v) is 18.8. The van der Waals surface area contributed by atoms with E-state index in [1.807, 2.05) is 32.0 Å². The van der Waals surface area contributed by atoms with Crippen molar-refractivity contribution in [3.63, 3.8) is 0 Å². The van der Waals surface area contributed by atoms with E-state index in [0.717, 1.165) is 20.0 Å². The Kier molecular flexibility index (Phi) is 5.88. The Labute approximate surface area is 179 Å². The number of amides is 1. The molecule has 0 aliphatic carbocycles. The number of fused-ring (bicyclic) bond motifs is 1. The molecule has 0 unspecified atom stereocenters. The van der Waals surface area contributed by atoms with Crippen LogP contribution in [0.2, 0.25) is 0 Å². The number of carbonyl (C=O) groups excluding carboxylic acids is 1. The number of nitrogens with one attached hydrogen (secondary N) is 1. The third-order valence-corrected chi connectivity index (χ3v) is 6.98. The van der Waals surface area contributed by atoms with Crippen LogP contribution in [0.15, 0.2) is 50.9 Å². The van der Waals surface area contributed by atoms with E-state index in [0.29, 0.717) is 11.2 Å². The molecule has 0 aliphatic heterocycles. The lowest BCUT2D eigenvalue weighted by Gasteiger charge is -2.18. The lowest BCUT2D eigenvalue weighted by Crippen LogP contribution is -2.37. The highest BCUT2D eigenvalue weighted by atomic mass is 32.2. The molecule has 0 atom stereocenters. The van der Waals surface area contributed by atoms with Gasteiger partial charge < -0.3 is 5.32 Å². The van der Waals surface area contributed by atoms with Gasteiger partial charge in [-0.1, -0.05) is 12.1 Å². The molecule has 0 aliphatic rings. The van der Waals surface area contributed by atoms with Gasteiger partial charge in [-0.15, -0.1) is 0 Å². The molecule has 1 N–H and O–H groups in total. The quantitative estimate of drug-likeness (QED) is 0.634. The number of nitrogens with zero attached hydrogens (tertiary/aromatic N) is 3. The summed E-state index contributed by atoms with van der Waals surface area (Å²) in [6.45, 7) is 3.34. The molecule has 31 heavy (non-hydrogen) atoms. The summed E-state index contributed by atoms with van der Waals surface area (Å²) in [5.74, 6) is -0.487. The third-order valence-electron chi connectivity index (χ3n) is 5.18. The number of anilines is 1. The highest BCUT2D eigenvalue weighted by Gasteiger charge is 2.24. The standard InChI is InChI=1S/C21H24N4O5S/c1-13-6-7-14(2)17(10-13)22-19(26)12-23(3)31(29,30)15-8-9-18-16(11-15)20(27)25(5)21(28)24(18)4/h6-11H,12H2,1-5H3,(H,22,26). The summed E-state index contributed by atoms with van der Waals surface area (Å²) in [7, 11) is 0.0714. The minimum Gasteiger partial charge on any atom is -0.325 e. The second-order valence-electron chi connectivity index (χ2n) is 7.51. The molecular formula is C21H24N4O5S. The van der Waals surface area contributed by atoms with Crippen molar-refractivity contribution in [2.75, 3.05) is 18.9 Å². The van der Waals surface area contributed by atoms with Crippen molar-refractivity contribution in [1.82, 2.24) is 13.4 Å². The summed E-state index contributed by atoms with van der Waals surface area (Å²) >= 11 is 0. The fourth-order valence-electron chi connectivity index (χ4n) is 3.26. The number of rotatable bonds is 5. The fourth-order valence-corrected chi connectivity index (χ4v) is 4.42. The van der Waals surface area contributed by atoms with Gasteiger partial charge >= 0.3 is 5.69 Å². The van der Waals surface area contributed by atoms with E-state index in [-0.39, 0.29) is 10.3 Å². The number of aromatic nitrogens is 2. The SMILES string of the molecule is Cc1ccc(C)c(NC(=O)CN(C)S(=O)(=O)c2ccc3c(c2)c(=O)n(C)c(=O)n3C)c1. The molecular weight excluding hydrogens is 420 g/mol. The van der Waals surface area contributed by atoms with Gasteiger partial charge in [0, 0.05) is 26.8 Å². The van der Waals surface area contributed by atoms with E-state index in [1.54, 1.807) is 0 Å². The van der Waals surface area contributed by atoms with Gasteiger partial charge in [-0.3, -0.25) is 18.7 Å². The van der Waals surface area contributed by atoms with Crippen LogP contribution in [-0.2, 0) is 28.9 Å². The first-order valence-corrected chi connectivity index (χ1v) is 10.9. The molecule has 2 aromatic carbocycles. The van der Waals surface area contributed by atoms with Gasteiger partial charge in [-0.25, -0.2) is 13.2 Å². The molecule has 1 heterocycles. The van der Waals surface area contributed by atoms with Crippen LogP contribution >= 0.6 is 0 Å². The topological polar surface area (TPSA) is 110 Å². The van der Waals surface area contributed by atoms with E-state index < -0.39 is 33.7 Å². The van der Waals surface area contributed by atoms with Crippen LogP contribution in [-0.4, -0.2) is 41.4 Å². The summed E-state index contributed by atoms with van der Waals surface area (Å²) in [6.07, 6.45) is 0. The van der Waals surface area contributed by atoms with Crippen molar-refractivity contribution in [3.8, 4) is 0 Å². The molecule has 0 saturated carbocycles. The van der Waals surface area contributed by atoms with E-state index >= 15 is 0 Å². The molecule has 9 nitrogen and oxygen atoms in total. The van der Waals surface area contributed by atoms with Gasteiger partial charge in [0.1, 0.15) is 0 Å². The summed E-state index contributed by atoms with van der Waals surface area (Å²) in [4.78, 5) is 36.8. The predicted molar refractivity (Wildman–Crippen MR) is 119 cm³/mol. The second kappa shape index (κ2) is 8.12. The van der Waals surface area contributed by atoms with Crippen molar-refractivity contribution in [2.24, 2.45) is 14.1 Å². The highest BCUT2D eigenvalue weighted by Crippen LogP contribution is 2.20. The minimum atomic E-state index is -4.05. The van der Waals surface area contributed by atoms with Gasteiger partial charge in [-0.05, 0) is 49.2 Å². The predicted octanol–water partition coefficient (Wildman–Crippen LogP) is 1.11. The molecule has 164 valence electrons. The van der Waals surface area contributed by atoms with Crippen molar-refractivity contribution in [3.05, 3.63) is 68.4 Å². The average molecular weight is 445 g/mol. The average Bonchev–Trinajstić information content (AvgIpc) is 2.72. The molecule has 0 saturated heterocycles. The molecule has 10 heteroatoms. The second-order valence-corrected chi connectivity index (χ2v) is 9.56. The van der Waals surface area contributed by atoms with Crippen LogP contribution in [0.1, 0.15) is 11.1 Å². The summed E-state index contributed by atoms with van der Waals surface area (Å²) in [5.41, 5.74) is 1.67. The summed E-state index contributed by atoms with van der Waals surface area (Å²) < 4.78 is 29.1. The molecule has 1 aromatic heterocycles. The zero-order chi connectivity index (χ0) is 23.1. The van der Waals surface area contributed by atoms with Gasteiger partial charge in [0.05, 0.1) is 22.3 Å². The van der Waals surface area contributed by atoms with Crippen LogP contribution in [0.25, 0.3) is 10.9 Å². The maximum atomic E-state index is 13.0. The Morgan fingerprint density at radius 3 is 2.39 bits per heavy atom. The first-order chi connectivity index (χ1) is 14.4. The summed E-state index contributed by atoms with van der Waals surface area (Å²) in [6, 6.07) is 9.55. The third kappa shape index (κ3) is 4.17. The van der Waals surface area contributed by atoms with Gasteiger partial charge in [-0.2, -0.15) is 4.31 Å². The van der Waals surface area contributed by atoms with E-state index in [9.17, 15) is 22.8 Å². The number of hydrogen-bond donors (Lipinski definition) is 1. The first-order valence-electron chi connectivity index (χ1n) is 9.46. The Hall–Kier alpha value is -3.24. The molecule has 0 spiro atoms. The van der Waals surface area contributed by atoms with Crippen LogP contribution in [0.3, 0.4) is 0 Å². The van der Waals surface area contributed by atoms with Crippen molar-refractivity contribution in [2.45, 2.75) is 18.7 Å². The highest BCUT2D eigenvalue weighted by molar-refractivity contribution is 7.89. The molecule has 0 fully saturated rings. The van der Waals surface area contributed by atoms with Gasteiger partial charge in [0.25, 0.3) is 5.56 Å². The Balaban J connectivity index is 1.91. The van der Waals surface area contributed by atoms with Gasteiger partial charge in [0.15, 0.2) is 0 Å². The van der Waals surface area contributed by atoms with Crippen molar-refractivity contribution < 1.29 is 13.2 Å². The Morgan fingerprint density at radius 1 is 1.03 bits per heavy atom. The number of sulfonamides is 1. The molecule has 0 radical (unpaired) electrons. The number of benzene rings is 2. The van der Waals surface area contributed by atoms with Crippen LogP contribution in [0, 0.1) is 13.8 Å². The maximum Gasteiger partial charge on any atom is 0.330 e. The molecule has 3 aromatic rings. The lowest BCUT2D eigenvalue weighted by molar-refractivity contribution is -0.116. The van der Waals surface area contributed by atoms with Gasteiger partial charge in [0.2, 0.25) is 15.9 Å². The first kappa shape index (κ1) is 22.4. The maximum absolute atomic E-state index is 13.0. The summed E-state index contributed by atoms with van der Waals surface area (Å²) in [5, 5.41) is 2.83. The Bertz CT molecular complexity index is 1420. The van der Waals surface area contributed by atoms with Crippen LogP contribution in [0.4, 0.5) is 5.69 Å². The number of aryl methyl sites for hydroxylation is 3. The smallest absolute Gasteiger partial charge is 0.325 e. The van der Waals surface area contributed by atoms with Crippen molar-refractivity contribution >= 4 is 32.5 Å². The van der Waals surface area contributed by atoms with E-state index in [2.05, 4.69) is 5.32 Å². The largest absolute Gasteiger partial charge is 0.330 e. The van der Waals surface area contributed by atoms with Crippen LogP contribution in [0.5, 0.6) is 0 Å². The number of likely N-dealkylation sites (N-methyl/N-ethyl adjacent to an activating group) is 1. The normalized spacial score (nSPS) is 11.8. The minimum absolute atomic E-state index is 0.0962. The number of hydrogen-bond acceptors (Lipinski definition) is 5. The van der Waals surface area contributed by atoms with Crippen LogP contribution < -0.4 is 16.6 Å². The van der Waals surface area contributed by atoms with E-state index in [1.165, 1.54) is 43.9 Å². The zero-order valence-electron chi connectivity index (χ0n) is 18.0. The fraction of sp³-hybridized carbons (Fsp3) is 0.286. The van der Waals surface area contributed by atoms with Crippen molar-refractivity contribution in [1.29, 1.82) is 0 Å². The number of carbonyl (C=O) groups is 1. The molecule has 1 amide bonds. The monoisotopic (exact) mass is 444 g/mol. The Morgan fingerprint density at radius 2 is 1.71 bits per heavy atom.